The van der Waals surface area contributed by atoms with E-state index in [1.807, 2.05) is 11.3 Å². The maximum atomic E-state index is 5.71. The molecule has 1 fully saturated rings. The minimum absolute atomic E-state index is 0.791. The molecule has 1 aromatic rings. The van der Waals surface area contributed by atoms with Crippen molar-refractivity contribution in [2.24, 2.45) is 17.6 Å². The van der Waals surface area contributed by atoms with Crippen LogP contribution in [0.1, 0.15) is 30.6 Å². The van der Waals surface area contributed by atoms with E-state index in [1.165, 1.54) is 35.0 Å². The van der Waals surface area contributed by atoms with Gasteiger partial charge in [0.15, 0.2) is 0 Å². The van der Waals surface area contributed by atoms with Gasteiger partial charge in [-0.3, -0.25) is 0 Å². The Morgan fingerprint density at radius 3 is 2.59 bits per heavy atom. The minimum Gasteiger partial charge on any atom is -0.330 e. The van der Waals surface area contributed by atoms with Gasteiger partial charge in [0, 0.05) is 21.3 Å². The molecule has 0 spiro atoms. The Balaban J connectivity index is 1.63. The van der Waals surface area contributed by atoms with E-state index in [9.17, 15) is 0 Å². The van der Waals surface area contributed by atoms with Gasteiger partial charge in [-0.2, -0.15) is 0 Å². The first-order valence-electron chi connectivity index (χ1n) is 6.41. The fourth-order valence-electron chi connectivity index (χ4n) is 2.52. The summed E-state index contributed by atoms with van der Waals surface area (Å²) in [6.07, 6.45) is 5.35. The number of hydrogen-bond acceptors (Lipinski definition) is 3. The summed E-state index contributed by atoms with van der Waals surface area (Å²) in [5.41, 5.74) is 5.71. The Bertz CT molecular complexity index is 332. The molecule has 1 heterocycles. The first kappa shape index (κ1) is 13.5. The molecule has 3 N–H and O–H groups in total. The molecule has 0 aromatic carbocycles. The molecule has 1 aliphatic carbocycles. The van der Waals surface area contributed by atoms with Crippen molar-refractivity contribution in [1.82, 2.24) is 5.32 Å². The Labute approximate surface area is 116 Å². The van der Waals surface area contributed by atoms with Crippen molar-refractivity contribution >= 4 is 27.3 Å². The number of thiophene rings is 1. The van der Waals surface area contributed by atoms with Gasteiger partial charge in [-0.05, 0) is 72.6 Å². The molecule has 2 nitrogen and oxygen atoms in total. The molecule has 4 heteroatoms. The van der Waals surface area contributed by atoms with Gasteiger partial charge in [-0.25, -0.2) is 0 Å². The van der Waals surface area contributed by atoms with Crippen molar-refractivity contribution in [3.8, 4) is 0 Å². The van der Waals surface area contributed by atoms with Crippen LogP contribution < -0.4 is 11.1 Å². The lowest BCUT2D eigenvalue weighted by Gasteiger charge is -2.27. The van der Waals surface area contributed by atoms with Gasteiger partial charge in [-0.1, -0.05) is 0 Å². The Morgan fingerprint density at radius 1 is 1.29 bits per heavy atom. The first-order valence-corrected chi connectivity index (χ1v) is 8.09. The average Bonchev–Trinajstić information content (AvgIpc) is 2.76. The normalized spacial score (nSPS) is 25.1. The predicted molar refractivity (Wildman–Crippen MR) is 78.2 cm³/mol. The third kappa shape index (κ3) is 4.36. The van der Waals surface area contributed by atoms with Gasteiger partial charge in [0.05, 0.1) is 0 Å². The number of halogens is 1. The molecule has 17 heavy (non-hydrogen) atoms. The standard InChI is InChI=1S/C13H21BrN2S/c14-12-5-13(17-9-12)8-16-7-11-3-1-10(6-15)2-4-11/h5,9-11,16H,1-4,6-8,15H2. The molecule has 0 atom stereocenters. The van der Waals surface area contributed by atoms with Crippen LogP contribution >= 0.6 is 27.3 Å². The molecule has 0 amide bonds. The summed E-state index contributed by atoms with van der Waals surface area (Å²) in [5, 5.41) is 5.72. The highest BCUT2D eigenvalue weighted by Crippen LogP contribution is 2.27. The zero-order valence-corrected chi connectivity index (χ0v) is 12.5. The molecule has 1 saturated carbocycles. The van der Waals surface area contributed by atoms with Crippen LogP contribution in [-0.4, -0.2) is 13.1 Å². The van der Waals surface area contributed by atoms with Crippen LogP contribution in [-0.2, 0) is 6.54 Å². The van der Waals surface area contributed by atoms with Crippen molar-refractivity contribution in [2.75, 3.05) is 13.1 Å². The second kappa shape index (κ2) is 6.88. The van der Waals surface area contributed by atoms with Gasteiger partial charge < -0.3 is 11.1 Å². The third-order valence-electron chi connectivity index (χ3n) is 3.65. The fraction of sp³-hybridized carbons (Fsp3) is 0.692. The molecule has 96 valence electrons. The molecule has 1 aromatic heterocycles. The second-order valence-electron chi connectivity index (χ2n) is 4.98. The zero-order chi connectivity index (χ0) is 12.1. The summed E-state index contributed by atoms with van der Waals surface area (Å²) in [7, 11) is 0. The van der Waals surface area contributed by atoms with Crippen molar-refractivity contribution in [3.05, 3.63) is 20.8 Å². The maximum absolute atomic E-state index is 5.71. The van der Waals surface area contributed by atoms with Crippen LogP contribution in [0.2, 0.25) is 0 Å². The number of rotatable bonds is 5. The molecule has 0 aliphatic heterocycles. The van der Waals surface area contributed by atoms with Crippen molar-refractivity contribution in [2.45, 2.75) is 32.2 Å². The molecule has 0 bridgehead atoms. The minimum atomic E-state index is 0.791. The highest BCUT2D eigenvalue weighted by atomic mass is 79.9. The lowest BCUT2D eigenvalue weighted by Crippen LogP contribution is -2.28. The predicted octanol–water partition coefficient (Wildman–Crippen LogP) is 3.37. The van der Waals surface area contributed by atoms with Crippen LogP contribution in [0.3, 0.4) is 0 Å². The van der Waals surface area contributed by atoms with Gasteiger partial charge in [0.2, 0.25) is 0 Å². The molecule has 2 rings (SSSR count). The number of nitrogens with one attached hydrogen (secondary N) is 1. The van der Waals surface area contributed by atoms with Gasteiger partial charge >= 0.3 is 0 Å². The van der Waals surface area contributed by atoms with E-state index in [4.69, 9.17) is 5.73 Å². The maximum Gasteiger partial charge on any atom is 0.0300 e. The Hall–Kier alpha value is 0.1000. The Morgan fingerprint density at radius 2 is 2.00 bits per heavy atom. The van der Waals surface area contributed by atoms with Crippen LogP contribution in [0.15, 0.2) is 15.9 Å². The molecule has 0 unspecified atom stereocenters. The summed E-state index contributed by atoms with van der Waals surface area (Å²) >= 11 is 5.30. The van der Waals surface area contributed by atoms with Crippen LogP contribution in [0.5, 0.6) is 0 Å². The summed E-state index contributed by atoms with van der Waals surface area (Å²) in [5.74, 6) is 1.65. The quantitative estimate of drug-likeness (QED) is 0.874. The summed E-state index contributed by atoms with van der Waals surface area (Å²) in [6.45, 7) is 3.04. The van der Waals surface area contributed by atoms with E-state index in [2.05, 4.69) is 32.7 Å². The SMILES string of the molecule is NCC1CCC(CNCc2cc(Br)cs2)CC1. The molecule has 0 radical (unpaired) electrons. The molecule has 1 aliphatic rings. The van der Waals surface area contributed by atoms with E-state index in [0.29, 0.717) is 0 Å². The van der Waals surface area contributed by atoms with Crippen molar-refractivity contribution in [3.63, 3.8) is 0 Å². The van der Waals surface area contributed by atoms with Crippen LogP contribution in [0.4, 0.5) is 0 Å². The lowest BCUT2D eigenvalue weighted by molar-refractivity contribution is 0.272. The lowest BCUT2D eigenvalue weighted by atomic mass is 9.82. The van der Waals surface area contributed by atoms with E-state index in [-0.39, 0.29) is 0 Å². The average molecular weight is 317 g/mol. The molecular weight excluding hydrogens is 296 g/mol. The number of nitrogens with two attached hydrogens (primary N) is 1. The third-order valence-corrected chi connectivity index (χ3v) is 5.35. The van der Waals surface area contributed by atoms with Gasteiger partial charge in [0.25, 0.3) is 0 Å². The molecular formula is C13H21BrN2S. The van der Waals surface area contributed by atoms with Gasteiger partial charge in [-0.15, -0.1) is 11.3 Å². The smallest absolute Gasteiger partial charge is 0.0300 e. The van der Waals surface area contributed by atoms with Crippen LogP contribution in [0, 0.1) is 11.8 Å². The van der Waals surface area contributed by atoms with Crippen LogP contribution in [0.25, 0.3) is 0 Å². The highest BCUT2D eigenvalue weighted by molar-refractivity contribution is 9.10. The van der Waals surface area contributed by atoms with Crippen molar-refractivity contribution in [1.29, 1.82) is 0 Å². The fourth-order valence-corrected chi connectivity index (χ4v) is 3.94. The van der Waals surface area contributed by atoms with E-state index >= 15 is 0 Å². The zero-order valence-electron chi connectivity index (χ0n) is 10.1. The topological polar surface area (TPSA) is 38.0 Å². The van der Waals surface area contributed by atoms with Gasteiger partial charge in [0.1, 0.15) is 0 Å². The van der Waals surface area contributed by atoms with E-state index in [0.717, 1.165) is 31.5 Å². The molecule has 0 saturated heterocycles. The second-order valence-corrected chi connectivity index (χ2v) is 6.90. The monoisotopic (exact) mass is 316 g/mol. The van der Waals surface area contributed by atoms with E-state index in [1.54, 1.807) is 0 Å². The summed E-state index contributed by atoms with van der Waals surface area (Å²) in [4.78, 5) is 1.41. The van der Waals surface area contributed by atoms with E-state index < -0.39 is 0 Å². The highest BCUT2D eigenvalue weighted by Gasteiger charge is 2.19. The first-order chi connectivity index (χ1) is 8.28. The Kier molecular flexibility index (Phi) is 5.48. The summed E-state index contributed by atoms with van der Waals surface area (Å²) < 4.78 is 1.20. The van der Waals surface area contributed by atoms with Crippen molar-refractivity contribution < 1.29 is 0 Å². The number of hydrogen-bond donors (Lipinski definition) is 2. The summed E-state index contributed by atoms with van der Waals surface area (Å²) in [6, 6.07) is 2.20. The largest absolute Gasteiger partial charge is 0.330 e.